The highest BCUT2D eigenvalue weighted by molar-refractivity contribution is 6.32. The lowest BCUT2D eigenvalue weighted by Crippen LogP contribution is -2.46. The number of halogens is 4. The number of nitrogens with zero attached hydrogens (tertiary/aromatic N) is 2. The molecule has 13 heteroatoms. The van der Waals surface area contributed by atoms with Crippen molar-refractivity contribution in [3.05, 3.63) is 40.9 Å². The normalized spacial score (nSPS) is 21.5. The number of hydrogen-bond acceptors (Lipinski definition) is 8. The second-order valence-corrected chi connectivity index (χ2v) is 11.8. The van der Waals surface area contributed by atoms with Crippen LogP contribution in [-0.2, 0) is 4.79 Å². The number of rotatable bonds is 12. The van der Waals surface area contributed by atoms with E-state index in [9.17, 15) is 23.2 Å². The minimum Gasteiger partial charge on any atom is -0.492 e. The highest BCUT2D eigenvalue weighted by Gasteiger charge is 2.41. The van der Waals surface area contributed by atoms with Crippen LogP contribution in [0.4, 0.5) is 30.2 Å². The zero-order valence-corrected chi connectivity index (χ0v) is 25.9. The molecular weight excluding hydrogens is 597 g/mol. The van der Waals surface area contributed by atoms with Crippen LogP contribution in [0.3, 0.4) is 0 Å². The molecule has 4 N–H and O–H groups in total. The summed E-state index contributed by atoms with van der Waals surface area (Å²) >= 11 is 6.54. The number of piperidine rings is 1. The number of fused-ring (bicyclic) bond motifs is 1. The first-order valence-electron chi connectivity index (χ1n) is 14.9. The van der Waals surface area contributed by atoms with Crippen LogP contribution in [0.2, 0.25) is 5.02 Å². The first kappa shape index (κ1) is 33.5. The third-order valence-corrected chi connectivity index (χ3v) is 8.12. The summed E-state index contributed by atoms with van der Waals surface area (Å²) in [7, 11) is 3.92. The second kappa shape index (κ2) is 15.1. The minimum absolute atomic E-state index is 0.0623. The molecule has 2 aromatic rings. The molecule has 44 heavy (non-hydrogen) atoms. The van der Waals surface area contributed by atoms with Gasteiger partial charge in [-0.3, -0.25) is 4.79 Å². The van der Waals surface area contributed by atoms with Gasteiger partial charge in [-0.2, -0.15) is 18.4 Å². The van der Waals surface area contributed by atoms with Gasteiger partial charge in [-0.25, -0.2) is 0 Å². The van der Waals surface area contributed by atoms with E-state index in [2.05, 4.69) is 27.3 Å². The molecular formula is C31H40ClF3N6O3. The lowest BCUT2D eigenvalue weighted by Gasteiger charge is -2.33. The van der Waals surface area contributed by atoms with Gasteiger partial charge in [0.2, 0.25) is 5.91 Å². The van der Waals surface area contributed by atoms with E-state index >= 15 is 0 Å². The maximum absolute atomic E-state index is 12.9. The summed E-state index contributed by atoms with van der Waals surface area (Å²) in [6.07, 6.45) is -2.70. The van der Waals surface area contributed by atoms with Gasteiger partial charge >= 0.3 is 6.18 Å². The van der Waals surface area contributed by atoms with E-state index in [0.717, 1.165) is 17.8 Å². The maximum atomic E-state index is 12.9. The van der Waals surface area contributed by atoms with Crippen molar-refractivity contribution < 1.29 is 27.4 Å². The van der Waals surface area contributed by atoms with Gasteiger partial charge in [0.15, 0.2) is 0 Å². The Bertz CT molecular complexity index is 1330. The summed E-state index contributed by atoms with van der Waals surface area (Å²) in [6.45, 7) is 3.56. The second-order valence-electron chi connectivity index (χ2n) is 11.4. The molecule has 4 unspecified atom stereocenters. The molecule has 4 rings (SSSR count). The predicted octanol–water partition coefficient (Wildman–Crippen LogP) is 6.05. The van der Waals surface area contributed by atoms with Gasteiger partial charge < -0.3 is 35.6 Å². The van der Waals surface area contributed by atoms with Gasteiger partial charge in [-0.15, -0.1) is 0 Å². The van der Waals surface area contributed by atoms with Gasteiger partial charge in [0.1, 0.15) is 18.1 Å². The molecule has 1 fully saturated rings. The van der Waals surface area contributed by atoms with Crippen molar-refractivity contribution in [3.63, 3.8) is 0 Å². The fourth-order valence-electron chi connectivity index (χ4n) is 5.42. The Morgan fingerprint density at radius 1 is 1.16 bits per heavy atom. The quantitative estimate of drug-likeness (QED) is 0.223. The molecule has 240 valence electrons. The Morgan fingerprint density at radius 2 is 1.95 bits per heavy atom. The monoisotopic (exact) mass is 636 g/mol. The summed E-state index contributed by atoms with van der Waals surface area (Å²) < 4.78 is 50.5. The number of carbonyl (C=O) groups excluding carboxylic acids is 1. The van der Waals surface area contributed by atoms with E-state index < -0.39 is 24.1 Å². The molecule has 9 nitrogen and oxygen atoms in total. The number of nitriles is 1. The van der Waals surface area contributed by atoms with Gasteiger partial charge in [0.05, 0.1) is 41.3 Å². The maximum Gasteiger partial charge on any atom is 0.393 e. The van der Waals surface area contributed by atoms with Crippen LogP contribution in [0.15, 0.2) is 30.3 Å². The van der Waals surface area contributed by atoms with Crippen LogP contribution >= 0.6 is 11.6 Å². The molecule has 0 saturated carbocycles. The highest BCUT2D eigenvalue weighted by Crippen LogP contribution is 2.42. The molecule has 4 atom stereocenters. The van der Waals surface area contributed by atoms with Crippen molar-refractivity contribution in [1.29, 1.82) is 5.26 Å². The molecule has 2 aliphatic rings. The lowest BCUT2D eigenvalue weighted by molar-refractivity contribution is -0.179. The van der Waals surface area contributed by atoms with Crippen molar-refractivity contribution in [3.8, 4) is 17.6 Å². The Balaban J connectivity index is 1.46. The van der Waals surface area contributed by atoms with Gasteiger partial charge in [0.25, 0.3) is 0 Å². The summed E-state index contributed by atoms with van der Waals surface area (Å²) in [6, 6.07) is 10.6. The Morgan fingerprint density at radius 3 is 2.59 bits per heavy atom. The highest BCUT2D eigenvalue weighted by atomic mass is 35.5. The number of anilines is 3. The van der Waals surface area contributed by atoms with E-state index in [4.69, 9.17) is 21.1 Å². The molecule has 0 aromatic heterocycles. The van der Waals surface area contributed by atoms with Crippen LogP contribution in [0.1, 0.15) is 44.2 Å². The molecule has 1 saturated heterocycles. The third kappa shape index (κ3) is 8.83. The molecule has 0 spiro atoms. The fraction of sp³-hybridized carbons (Fsp3) is 0.548. The van der Waals surface area contributed by atoms with E-state index in [1.54, 1.807) is 18.2 Å². The van der Waals surface area contributed by atoms with Gasteiger partial charge in [-0.1, -0.05) is 11.6 Å². The van der Waals surface area contributed by atoms with Crippen molar-refractivity contribution >= 4 is 34.6 Å². The Hall–Kier alpha value is -3.40. The van der Waals surface area contributed by atoms with Crippen molar-refractivity contribution in [2.24, 2.45) is 11.8 Å². The summed E-state index contributed by atoms with van der Waals surface area (Å²) in [4.78, 5) is 14.8. The number of hydrogen-bond donors (Lipinski definition) is 4. The minimum atomic E-state index is -4.20. The largest absolute Gasteiger partial charge is 0.492 e. The van der Waals surface area contributed by atoms with Gasteiger partial charge in [-0.05, 0) is 71.1 Å². The molecule has 2 aliphatic heterocycles. The third-order valence-electron chi connectivity index (χ3n) is 7.82. The average Bonchev–Trinajstić information content (AvgIpc) is 2.97. The number of nitrogens with one attached hydrogen (secondary N) is 4. The number of benzene rings is 2. The lowest BCUT2D eigenvalue weighted by atomic mass is 9.88. The standard InChI is InChI=1S/C31H40ClF3N6O3/c1-4-43-28-14-25-23(13-26(28)40-29(42)6-5-11-41(2)3)30(19(15-36)16-38-25)39-21-9-10-27(24(32)12-21)44-18-22-8-7-20(17-37-22)31(33,34)35/h9-10,12-14,19-20,22,30,37-39H,4-8,11,16-18H2,1-3H3,(H,40,42). The molecule has 0 radical (unpaired) electrons. The number of ether oxygens (including phenoxy) is 2. The van der Waals surface area contributed by atoms with E-state index in [1.165, 1.54) is 0 Å². The first-order chi connectivity index (χ1) is 21.0. The fourth-order valence-corrected chi connectivity index (χ4v) is 5.65. The number of carbonyl (C=O) groups is 1. The van der Waals surface area contributed by atoms with E-state index in [0.29, 0.717) is 60.3 Å². The van der Waals surface area contributed by atoms with Crippen molar-refractivity contribution in [1.82, 2.24) is 10.2 Å². The van der Waals surface area contributed by atoms with Crippen LogP contribution < -0.4 is 30.7 Å². The first-order valence-corrected chi connectivity index (χ1v) is 15.2. The Kier molecular flexibility index (Phi) is 11.5. The van der Waals surface area contributed by atoms with Crippen LogP contribution in [0, 0.1) is 23.2 Å². The number of amides is 1. The summed E-state index contributed by atoms with van der Waals surface area (Å²) in [5, 5.41) is 22.9. The van der Waals surface area contributed by atoms with Crippen molar-refractivity contribution in [2.45, 2.75) is 50.9 Å². The summed E-state index contributed by atoms with van der Waals surface area (Å²) in [5.74, 6) is -0.934. The van der Waals surface area contributed by atoms with Crippen LogP contribution in [0.5, 0.6) is 11.5 Å². The Labute approximate surface area is 261 Å². The topological polar surface area (TPSA) is 111 Å². The van der Waals surface area contributed by atoms with Crippen LogP contribution in [0.25, 0.3) is 0 Å². The molecule has 1 amide bonds. The molecule has 0 bridgehead atoms. The molecule has 0 aliphatic carbocycles. The predicted molar refractivity (Wildman–Crippen MR) is 166 cm³/mol. The summed E-state index contributed by atoms with van der Waals surface area (Å²) in [5.41, 5.74) is 2.79. The molecule has 2 heterocycles. The van der Waals surface area contributed by atoms with E-state index in [1.807, 2.05) is 38.1 Å². The molecule has 2 aromatic carbocycles. The zero-order valence-electron chi connectivity index (χ0n) is 25.2. The van der Waals surface area contributed by atoms with Gasteiger partial charge in [0, 0.05) is 48.6 Å². The SMILES string of the molecule is CCOc1cc2c(cc1NC(=O)CCCN(C)C)C(Nc1ccc(OCC3CCC(C(F)(F)F)CN3)c(Cl)c1)C(C#N)CN2. The van der Waals surface area contributed by atoms with Crippen molar-refractivity contribution in [2.75, 3.05) is 62.9 Å². The smallest absolute Gasteiger partial charge is 0.393 e. The average molecular weight is 637 g/mol. The number of alkyl halides is 3. The zero-order chi connectivity index (χ0) is 31.9. The van der Waals surface area contributed by atoms with Crippen LogP contribution in [-0.4, -0.2) is 70.0 Å². The van der Waals surface area contributed by atoms with E-state index in [-0.39, 0.29) is 31.5 Å².